The first-order valence-corrected chi connectivity index (χ1v) is 6.01. The molecule has 2 rings (SSSR count). The highest BCUT2D eigenvalue weighted by molar-refractivity contribution is 9.10. The Balaban J connectivity index is 2.11. The lowest BCUT2D eigenvalue weighted by molar-refractivity contribution is 0.0991. The highest BCUT2D eigenvalue weighted by Crippen LogP contribution is 2.10. The van der Waals surface area contributed by atoms with Crippen LogP contribution in [0.3, 0.4) is 0 Å². The van der Waals surface area contributed by atoms with E-state index in [1.54, 1.807) is 18.5 Å². The van der Waals surface area contributed by atoms with E-state index in [9.17, 15) is 4.79 Å². The number of hydrogen-bond acceptors (Lipinski definition) is 3. The maximum absolute atomic E-state index is 11.9. The van der Waals surface area contributed by atoms with Gasteiger partial charge in [-0.25, -0.2) is 0 Å². The molecule has 0 fully saturated rings. The van der Waals surface area contributed by atoms with E-state index in [1.165, 1.54) is 0 Å². The lowest BCUT2D eigenvalue weighted by Crippen LogP contribution is -2.05. The van der Waals surface area contributed by atoms with Crippen molar-refractivity contribution in [2.75, 3.05) is 0 Å². The second-order valence-corrected chi connectivity index (χ2v) is 4.67. The van der Waals surface area contributed by atoms with Crippen molar-refractivity contribution in [1.29, 1.82) is 0 Å². The summed E-state index contributed by atoms with van der Waals surface area (Å²) in [4.78, 5) is 20.2. The lowest BCUT2D eigenvalue weighted by atomic mass is 10.1. The van der Waals surface area contributed by atoms with Crippen molar-refractivity contribution in [2.24, 2.45) is 0 Å². The summed E-state index contributed by atoms with van der Waals surface area (Å²) in [5.74, 6) is 0.0346. The van der Waals surface area contributed by atoms with Crippen LogP contribution in [0, 0.1) is 6.92 Å². The van der Waals surface area contributed by atoms with Crippen LogP contribution in [0.4, 0.5) is 0 Å². The Hall–Kier alpha value is -1.55. The van der Waals surface area contributed by atoms with Gasteiger partial charge in [-0.1, -0.05) is 0 Å². The Morgan fingerprint density at radius 1 is 1.18 bits per heavy atom. The molecule has 0 spiro atoms. The topological polar surface area (TPSA) is 42.9 Å². The number of hydrogen-bond donors (Lipinski definition) is 0. The van der Waals surface area contributed by atoms with Crippen LogP contribution in [0.15, 0.2) is 41.1 Å². The van der Waals surface area contributed by atoms with E-state index >= 15 is 0 Å². The number of Topliss-reactive ketones (excluding diaryl/α,β-unsaturated/α-hetero) is 1. The lowest BCUT2D eigenvalue weighted by Gasteiger charge is -2.01. The molecule has 2 heterocycles. The molecular formula is C13H11BrN2O. The Labute approximate surface area is 108 Å². The molecular weight excluding hydrogens is 280 g/mol. The van der Waals surface area contributed by atoms with Gasteiger partial charge in [-0.05, 0) is 47.1 Å². The van der Waals surface area contributed by atoms with Crippen molar-refractivity contribution < 1.29 is 4.79 Å². The number of carbonyl (C=O) groups excluding carboxylic acids is 1. The van der Waals surface area contributed by atoms with Crippen molar-refractivity contribution in [3.63, 3.8) is 0 Å². The third-order valence-corrected chi connectivity index (χ3v) is 2.83. The minimum atomic E-state index is 0.0346. The molecule has 0 aliphatic rings. The zero-order valence-electron chi connectivity index (χ0n) is 9.35. The highest BCUT2D eigenvalue weighted by atomic mass is 79.9. The summed E-state index contributed by atoms with van der Waals surface area (Å²) in [7, 11) is 0. The summed E-state index contributed by atoms with van der Waals surface area (Å²) in [6.45, 7) is 1.89. The predicted octanol–water partition coefficient (Wildman–Crippen LogP) is 2.97. The smallest absolute Gasteiger partial charge is 0.170 e. The number of halogens is 1. The molecule has 3 nitrogen and oxygen atoms in total. The van der Waals surface area contributed by atoms with Gasteiger partial charge < -0.3 is 0 Å². The maximum Gasteiger partial charge on any atom is 0.170 e. The molecule has 4 heteroatoms. The van der Waals surface area contributed by atoms with Crippen LogP contribution in [-0.2, 0) is 6.42 Å². The summed E-state index contributed by atoms with van der Waals surface area (Å²) in [6.07, 6.45) is 3.60. The molecule has 0 aliphatic heterocycles. The number of nitrogens with zero attached hydrogens (tertiary/aromatic N) is 2. The Morgan fingerprint density at radius 3 is 2.59 bits per heavy atom. The van der Waals surface area contributed by atoms with Crippen molar-refractivity contribution in [3.8, 4) is 0 Å². The van der Waals surface area contributed by atoms with Gasteiger partial charge in [0.15, 0.2) is 5.78 Å². The number of ketones is 1. The first-order valence-electron chi connectivity index (χ1n) is 5.21. The zero-order valence-corrected chi connectivity index (χ0v) is 10.9. The van der Waals surface area contributed by atoms with Gasteiger partial charge in [-0.3, -0.25) is 14.8 Å². The Kier molecular flexibility index (Phi) is 3.64. The number of pyridine rings is 2. The molecule has 0 radical (unpaired) electrons. The van der Waals surface area contributed by atoms with Crippen LogP contribution in [0.5, 0.6) is 0 Å². The number of aryl methyl sites for hydroxylation is 1. The second kappa shape index (κ2) is 5.19. The molecule has 0 amide bonds. The van der Waals surface area contributed by atoms with Crippen LogP contribution >= 0.6 is 15.9 Å². The molecule has 0 atom stereocenters. The second-order valence-electron chi connectivity index (χ2n) is 3.76. The first kappa shape index (κ1) is 11.9. The van der Waals surface area contributed by atoms with E-state index < -0.39 is 0 Å². The standard InChI is InChI=1S/C13H11BrN2O/c1-9-2-3-10(7-15-9)13(17)6-12-5-4-11(14)8-16-12/h2-5,7-8H,6H2,1H3. The summed E-state index contributed by atoms with van der Waals surface area (Å²) in [6, 6.07) is 7.35. The predicted molar refractivity (Wildman–Crippen MR) is 68.9 cm³/mol. The summed E-state index contributed by atoms with van der Waals surface area (Å²) in [5.41, 5.74) is 2.29. The van der Waals surface area contributed by atoms with Crippen molar-refractivity contribution in [3.05, 3.63) is 58.1 Å². The van der Waals surface area contributed by atoms with Gasteiger partial charge in [0.05, 0.1) is 6.42 Å². The summed E-state index contributed by atoms with van der Waals surface area (Å²) >= 11 is 3.31. The van der Waals surface area contributed by atoms with Crippen LogP contribution in [0.1, 0.15) is 21.7 Å². The molecule has 0 unspecified atom stereocenters. The molecule has 2 aromatic rings. The molecule has 0 bridgehead atoms. The molecule has 86 valence electrons. The van der Waals surface area contributed by atoms with Crippen LogP contribution < -0.4 is 0 Å². The molecule has 0 saturated carbocycles. The van der Waals surface area contributed by atoms with E-state index in [0.717, 1.165) is 15.9 Å². The maximum atomic E-state index is 11.9. The molecule has 0 aliphatic carbocycles. The molecule has 17 heavy (non-hydrogen) atoms. The van der Waals surface area contributed by atoms with E-state index in [1.807, 2.05) is 25.1 Å². The van der Waals surface area contributed by atoms with E-state index in [2.05, 4.69) is 25.9 Å². The average molecular weight is 291 g/mol. The SMILES string of the molecule is Cc1ccc(C(=O)Cc2ccc(Br)cn2)cn1. The van der Waals surface area contributed by atoms with Gasteiger partial charge in [0.2, 0.25) is 0 Å². The number of aromatic nitrogens is 2. The minimum absolute atomic E-state index is 0.0346. The zero-order chi connectivity index (χ0) is 12.3. The van der Waals surface area contributed by atoms with Gasteiger partial charge in [0.1, 0.15) is 0 Å². The van der Waals surface area contributed by atoms with Crippen molar-refractivity contribution in [1.82, 2.24) is 9.97 Å². The molecule has 0 N–H and O–H groups in total. The fourth-order valence-electron chi connectivity index (χ4n) is 1.41. The van der Waals surface area contributed by atoms with Crippen molar-refractivity contribution in [2.45, 2.75) is 13.3 Å². The average Bonchev–Trinajstić information content (AvgIpc) is 2.33. The fraction of sp³-hybridized carbons (Fsp3) is 0.154. The van der Waals surface area contributed by atoms with Crippen LogP contribution in [0.25, 0.3) is 0 Å². The molecule has 0 saturated heterocycles. The third kappa shape index (κ3) is 3.20. The summed E-state index contributed by atoms with van der Waals surface area (Å²) in [5, 5.41) is 0. The van der Waals surface area contributed by atoms with E-state index in [4.69, 9.17) is 0 Å². The van der Waals surface area contributed by atoms with Crippen molar-refractivity contribution >= 4 is 21.7 Å². The van der Waals surface area contributed by atoms with Gasteiger partial charge in [0, 0.05) is 33.8 Å². The van der Waals surface area contributed by atoms with Crippen LogP contribution in [0.2, 0.25) is 0 Å². The first-order chi connectivity index (χ1) is 8.15. The normalized spacial score (nSPS) is 10.2. The Bertz CT molecular complexity index is 520. The van der Waals surface area contributed by atoms with Gasteiger partial charge in [-0.2, -0.15) is 0 Å². The minimum Gasteiger partial charge on any atom is -0.294 e. The summed E-state index contributed by atoms with van der Waals surface area (Å²) < 4.78 is 0.908. The van der Waals surface area contributed by atoms with Gasteiger partial charge >= 0.3 is 0 Å². The molecule has 0 aromatic carbocycles. The largest absolute Gasteiger partial charge is 0.294 e. The van der Waals surface area contributed by atoms with Gasteiger partial charge in [0.25, 0.3) is 0 Å². The monoisotopic (exact) mass is 290 g/mol. The number of rotatable bonds is 3. The third-order valence-electron chi connectivity index (χ3n) is 2.36. The molecule has 2 aromatic heterocycles. The quantitative estimate of drug-likeness (QED) is 0.816. The Morgan fingerprint density at radius 2 is 2.00 bits per heavy atom. The van der Waals surface area contributed by atoms with E-state index in [0.29, 0.717) is 12.0 Å². The van der Waals surface area contributed by atoms with E-state index in [-0.39, 0.29) is 5.78 Å². The fourth-order valence-corrected chi connectivity index (χ4v) is 1.64. The highest BCUT2D eigenvalue weighted by Gasteiger charge is 2.08. The van der Waals surface area contributed by atoms with Crippen LogP contribution in [-0.4, -0.2) is 15.8 Å². The van der Waals surface area contributed by atoms with Gasteiger partial charge in [-0.15, -0.1) is 0 Å². The number of carbonyl (C=O) groups is 1.